The number of fused-ring (bicyclic) bond motifs is 1. The first-order valence-electron chi connectivity index (χ1n) is 7.92. The molecule has 0 saturated heterocycles. The first kappa shape index (κ1) is 15.0. The van der Waals surface area contributed by atoms with Gasteiger partial charge in [-0.15, -0.1) is 11.3 Å². The highest BCUT2D eigenvalue weighted by Gasteiger charge is 2.28. The van der Waals surface area contributed by atoms with Gasteiger partial charge in [-0.05, 0) is 43.0 Å². The van der Waals surface area contributed by atoms with Crippen LogP contribution in [0.2, 0.25) is 0 Å². The van der Waals surface area contributed by atoms with E-state index in [4.69, 9.17) is 0 Å². The third kappa shape index (κ3) is 2.92. The molecule has 1 atom stereocenters. The van der Waals surface area contributed by atoms with Crippen molar-refractivity contribution in [3.8, 4) is 11.3 Å². The number of pyridine rings is 2. The average molecular weight is 336 g/mol. The van der Waals surface area contributed by atoms with Crippen molar-refractivity contribution in [2.45, 2.75) is 25.2 Å². The fourth-order valence-corrected chi connectivity index (χ4v) is 3.76. The summed E-state index contributed by atoms with van der Waals surface area (Å²) in [7, 11) is 0. The number of nitrogens with zero attached hydrogens (tertiary/aromatic N) is 3. The zero-order valence-electron chi connectivity index (χ0n) is 13.0. The Morgan fingerprint density at radius 3 is 3.04 bits per heavy atom. The van der Waals surface area contributed by atoms with Gasteiger partial charge < -0.3 is 5.32 Å². The van der Waals surface area contributed by atoms with Crippen molar-refractivity contribution < 1.29 is 4.79 Å². The minimum atomic E-state index is -0.194. The molecule has 1 aliphatic carbocycles. The molecule has 3 aromatic rings. The van der Waals surface area contributed by atoms with Gasteiger partial charge in [0, 0.05) is 29.5 Å². The number of anilines is 1. The van der Waals surface area contributed by atoms with Crippen molar-refractivity contribution in [2.75, 3.05) is 5.32 Å². The third-order valence-corrected chi connectivity index (χ3v) is 4.96. The van der Waals surface area contributed by atoms with Crippen LogP contribution in [0.25, 0.3) is 11.3 Å². The van der Waals surface area contributed by atoms with E-state index in [0.717, 1.165) is 36.2 Å². The molecule has 24 heavy (non-hydrogen) atoms. The van der Waals surface area contributed by atoms with Crippen LogP contribution in [-0.4, -0.2) is 20.9 Å². The summed E-state index contributed by atoms with van der Waals surface area (Å²) in [5.41, 5.74) is 3.86. The Kier molecular flexibility index (Phi) is 4.04. The molecule has 0 aromatic carbocycles. The molecular weight excluding hydrogens is 320 g/mol. The SMILES string of the molecule is O=C(Nc1nc(-c2cccnc2)cs1)C1CCCc2cccnc21. The molecule has 1 N–H and O–H groups in total. The first-order valence-corrected chi connectivity index (χ1v) is 8.80. The van der Waals surface area contributed by atoms with E-state index in [-0.39, 0.29) is 11.8 Å². The summed E-state index contributed by atoms with van der Waals surface area (Å²) in [5, 5.41) is 5.49. The van der Waals surface area contributed by atoms with E-state index in [0.29, 0.717) is 5.13 Å². The van der Waals surface area contributed by atoms with Crippen molar-refractivity contribution >= 4 is 22.4 Å². The Labute approximate surface area is 143 Å². The van der Waals surface area contributed by atoms with Gasteiger partial charge >= 0.3 is 0 Å². The van der Waals surface area contributed by atoms with Gasteiger partial charge in [-0.3, -0.25) is 14.8 Å². The number of thiazole rings is 1. The van der Waals surface area contributed by atoms with Gasteiger partial charge in [-0.1, -0.05) is 6.07 Å². The zero-order valence-corrected chi connectivity index (χ0v) is 13.8. The van der Waals surface area contributed by atoms with Crippen LogP contribution < -0.4 is 5.32 Å². The molecule has 3 aromatic heterocycles. The van der Waals surface area contributed by atoms with Crippen LogP contribution in [0.3, 0.4) is 0 Å². The van der Waals surface area contributed by atoms with Gasteiger partial charge in [0.25, 0.3) is 0 Å². The van der Waals surface area contributed by atoms with Gasteiger partial charge in [0.15, 0.2) is 5.13 Å². The molecule has 1 unspecified atom stereocenters. The molecular formula is C18H16N4OS. The largest absolute Gasteiger partial charge is 0.301 e. The maximum absolute atomic E-state index is 12.7. The number of hydrogen-bond donors (Lipinski definition) is 1. The molecule has 0 bridgehead atoms. The van der Waals surface area contributed by atoms with E-state index in [9.17, 15) is 4.79 Å². The van der Waals surface area contributed by atoms with Crippen LogP contribution >= 0.6 is 11.3 Å². The minimum absolute atomic E-state index is 0.0262. The average Bonchev–Trinajstić information content (AvgIpc) is 3.10. The van der Waals surface area contributed by atoms with E-state index in [1.54, 1.807) is 18.6 Å². The fraction of sp³-hybridized carbons (Fsp3) is 0.222. The molecule has 0 spiro atoms. The summed E-state index contributed by atoms with van der Waals surface area (Å²) in [6.07, 6.45) is 8.09. The highest BCUT2D eigenvalue weighted by atomic mass is 32.1. The Bertz CT molecular complexity index is 862. The quantitative estimate of drug-likeness (QED) is 0.792. The molecule has 0 saturated carbocycles. The predicted molar refractivity (Wildman–Crippen MR) is 93.9 cm³/mol. The first-order chi connectivity index (χ1) is 11.8. The summed E-state index contributed by atoms with van der Waals surface area (Å²) in [6, 6.07) is 7.82. The molecule has 1 aliphatic rings. The number of hydrogen-bond acceptors (Lipinski definition) is 5. The molecule has 5 nitrogen and oxygen atoms in total. The standard InChI is InChI=1S/C18H16N4OS/c23-17(14-7-1-4-12-5-3-9-20-16(12)14)22-18-21-15(11-24-18)13-6-2-8-19-10-13/h2-3,5-6,8-11,14H,1,4,7H2,(H,21,22,23). The Balaban J connectivity index is 1.53. The molecule has 0 fully saturated rings. The lowest BCUT2D eigenvalue weighted by atomic mass is 9.86. The number of amides is 1. The van der Waals surface area contributed by atoms with E-state index in [2.05, 4.69) is 26.3 Å². The van der Waals surface area contributed by atoms with Gasteiger partial charge in [0.05, 0.1) is 17.3 Å². The fourth-order valence-electron chi connectivity index (χ4n) is 3.04. The van der Waals surface area contributed by atoms with Gasteiger partial charge in [-0.25, -0.2) is 4.98 Å². The topological polar surface area (TPSA) is 67.8 Å². The molecule has 120 valence electrons. The van der Waals surface area contributed by atoms with E-state index >= 15 is 0 Å². The lowest BCUT2D eigenvalue weighted by molar-refractivity contribution is -0.118. The highest BCUT2D eigenvalue weighted by molar-refractivity contribution is 7.14. The second-order valence-electron chi connectivity index (χ2n) is 5.76. The van der Waals surface area contributed by atoms with Crippen LogP contribution in [-0.2, 0) is 11.2 Å². The van der Waals surface area contributed by atoms with Crippen LogP contribution in [0, 0.1) is 0 Å². The summed E-state index contributed by atoms with van der Waals surface area (Å²) in [4.78, 5) is 25.7. The Hall–Kier alpha value is -2.60. The monoisotopic (exact) mass is 336 g/mol. The third-order valence-electron chi connectivity index (χ3n) is 4.20. The number of aromatic nitrogens is 3. The van der Waals surface area contributed by atoms with Gasteiger partial charge in [0.2, 0.25) is 5.91 Å². The van der Waals surface area contributed by atoms with E-state index in [1.807, 2.05) is 23.6 Å². The molecule has 0 aliphatic heterocycles. The Morgan fingerprint density at radius 1 is 1.25 bits per heavy atom. The lowest BCUT2D eigenvalue weighted by Gasteiger charge is -2.22. The number of aryl methyl sites for hydroxylation is 1. The molecule has 3 heterocycles. The second kappa shape index (κ2) is 6.49. The number of nitrogens with one attached hydrogen (secondary N) is 1. The van der Waals surface area contributed by atoms with Crippen LogP contribution in [0.5, 0.6) is 0 Å². The molecule has 0 radical (unpaired) electrons. The summed E-state index contributed by atoms with van der Waals surface area (Å²) in [5.74, 6) is -0.220. The van der Waals surface area contributed by atoms with Crippen molar-refractivity contribution in [3.05, 3.63) is 59.5 Å². The van der Waals surface area contributed by atoms with Crippen molar-refractivity contribution in [1.29, 1.82) is 0 Å². The van der Waals surface area contributed by atoms with Crippen molar-refractivity contribution in [1.82, 2.24) is 15.0 Å². The lowest BCUT2D eigenvalue weighted by Crippen LogP contribution is -2.25. The molecule has 4 rings (SSSR count). The smallest absolute Gasteiger partial charge is 0.235 e. The Morgan fingerprint density at radius 2 is 2.17 bits per heavy atom. The molecule has 6 heteroatoms. The second-order valence-corrected chi connectivity index (χ2v) is 6.62. The molecule has 1 amide bonds. The van der Waals surface area contributed by atoms with Crippen LogP contribution in [0.15, 0.2) is 48.2 Å². The number of carbonyl (C=O) groups excluding carboxylic acids is 1. The normalized spacial score (nSPS) is 16.4. The van der Waals surface area contributed by atoms with Crippen molar-refractivity contribution in [2.24, 2.45) is 0 Å². The highest BCUT2D eigenvalue weighted by Crippen LogP contribution is 2.31. The van der Waals surface area contributed by atoms with Crippen LogP contribution in [0.1, 0.15) is 30.0 Å². The maximum atomic E-state index is 12.7. The van der Waals surface area contributed by atoms with Crippen LogP contribution in [0.4, 0.5) is 5.13 Å². The summed E-state index contributed by atoms with van der Waals surface area (Å²) in [6.45, 7) is 0. The zero-order chi connectivity index (χ0) is 16.4. The van der Waals surface area contributed by atoms with E-state index in [1.165, 1.54) is 16.9 Å². The maximum Gasteiger partial charge on any atom is 0.235 e. The minimum Gasteiger partial charge on any atom is -0.301 e. The van der Waals surface area contributed by atoms with E-state index < -0.39 is 0 Å². The van der Waals surface area contributed by atoms with Gasteiger partial charge in [-0.2, -0.15) is 0 Å². The van der Waals surface area contributed by atoms with Gasteiger partial charge in [0.1, 0.15) is 0 Å². The summed E-state index contributed by atoms with van der Waals surface area (Å²) < 4.78 is 0. The predicted octanol–water partition coefficient (Wildman–Crippen LogP) is 3.66. The number of rotatable bonds is 3. The summed E-state index contributed by atoms with van der Waals surface area (Å²) >= 11 is 1.43. The number of carbonyl (C=O) groups is 1. The van der Waals surface area contributed by atoms with Crippen molar-refractivity contribution in [3.63, 3.8) is 0 Å².